The molecule has 4 nitrogen and oxygen atoms in total. The van der Waals surface area contributed by atoms with Gasteiger partial charge >= 0.3 is 5.69 Å². The first kappa shape index (κ1) is 17.5. The minimum absolute atomic E-state index is 0.113. The van der Waals surface area contributed by atoms with Crippen molar-refractivity contribution in [1.29, 1.82) is 0 Å². The van der Waals surface area contributed by atoms with Gasteiger partial charge in [-0.25, -0.2) is 4.79 Å². The lowest BCUT2D eigenvalue weighted by atomic mass is 10.1. The number of hydrogen-bond acceptors (Lipinski definition) is 2. The highest BCUT2D eigenvalue weighted by Gasteiger charge is 2.09. The van der Waals surface area contributed by atoms with E-state index in [9.17, 15) is 9.59 Å². The molecular weight excluding hydrogens is 348 g/mol. The molecule has 4 aromatic rings. The molecule has 0 saturated carbocycles. The Morgan fingerprint density at radius 3 is 2.32 bits per heavy atom. The van der Waals surface area contributed by atoms with Gasteiger partial charge in [-0.1, -0.05) is 78.9 Å². The number of carbonyl (C=O) groups excluding carboxylic acids is 1. The molecular formula is C24H18N2O2. The molecule has 0 fully saturated rings. The smallest absolute Gasteiger partial charge is 0.305 e. The summed E-state index contributed by atoms with van der Waals surface area (Å²) in [6.07, 6.45) is 5.08. The number of ketones is 1. The number of rotatable bonds is 5. The molecule has 136 valence electrons. The Kier molecular flexibility index (Phi) is 4.85. The maximum Gasteiger partial charge on any atom is 0.330 e. The second-order valence-electron chi connectivity index (χ2n) is 6.37. The fourth-order valence-corrected chi connectivity index (χ4v) is 2.99. The molecule has 0 spiro atoms. The van der Waals surface area contributed by atoms with Crippen LogP contribution in [0.15, 0.2) is 102 Å². The first-order chi connectivity index (χ1) is 13.7. The van der Waals surface area contributed by atoms with E-state index in [0.717, 1.165) is 16.8 Å². The van der Waals surface area contributed by atoms with Crippen molar-refractivity contribution in [2.45, 2.75) is 0 Å². The zero-order valence-corrected chi connectivity index (χ0v) is 15.1. The Labute approximate surface area is 162 Å². The number of nitrogens with zero attached hydrogens (tertiary/aromatic N) is 1. The van der Waals surface area contributed by atoms with Gasteiger partial charge in [0.2, 0.25) is 0 Å². The third-order valence-electron chi connectivity index (χ3n) is 4.44. The highest BCUT2D eigenvalue weighted by molar-refractivity contribution is 6.07. The van der Waals surface area contributed by atoms with Crippen LogP contribution < -0.4 is 5.69 Å². The summed E-state index contributed by atoms with van der Waals surface area (Å²) in [5, 5.41) is 0. The molecule has 28 heavy (non-hydrogen) atoms. The fourth-order valence-electron chi connectivity index (χ4n) is 2.99. The third-order valence-corrected chi connectivity index (χ3v) is 4.44. The van der Waals surface area contributed by atoms with Crippen LogP contribution in [0.1, 0.15) is 15.9 Å². The van der Waals surface area contributed by atoms with E-state index in [1.54, 1.807) is 36.5 Å². The molecule has 1 heterocycles. The van der Waals surface area contributed by atoms with Gasteiger partial charge in [-0.3, -0.25) is 9.36 Å². The van der Waals surface area contributed by atoms with Gasteiger partial charge in [-0.15, -0.1) is 0 Å². The standard InChI is InChI=1S/C24H18N2O2/c27-23(15-14-18-8-3-1-4-9-18)20-12-7-13-21(16-20)26-17-22(25-24(26)28)19-10-5-2-6-11-19/h1-17H,(H,25,28)/b15-14+. The van der Waals surface area contributed by atoms with Gasteiger partial charge in [0.25, 0.3) is 0 Å². The molecule has 3 aromatic carbocycles. The van der Waals surface area contributed by atoms with Crippen molar-refractivity contribution in [3.8, 4) is 16.9 Å². The molecule has 0 saturated heterocycles. The van der Waals surface area contributed by atoms with Crippen LogP contribution in [0.25, 0.3) is 23.0 Å². The van der Waals surface area contributed by atoms with Crippen LogP contribution >= 0.6 is 0 Å². The van der Waals surface area contributed by atoms with Crippen molar-refractivity contribution in [2.24, 2.45) is 0 Å². The van der Waals surface area contributed by atoms with E-state index in [1.807, 2.05) is 66.7 Å². The van der Waals surface area contributed by atoms with Crippen LogP contribution in [0.2, 0.25) is 0 Å². The van der Waals surface area contributed by atoms with Gasteiger partial charge in [-0.2, -0.15) is 0 Å². The van der Waals surface area contributed by atoms with Gasteiger partial charge in [-0.05, 0) is 29.3 Å². The predicted molar refractivity (Wildman–Crippen MR) is 112 cm³/mol. The summed E-state index contributed by atoms with van der Waals surface area (Å²) < 4.78 is 1.51. The number of aromatic amines is 1. The Hall–Kier alpha value is -3.92. The van der Waals surface area contributed by atoms with E-state index >= 15 is 0 Å². The summed E-state index contributed by atoms with van der Waals surface area (Å²) in [5.74, 6) is -0.113. The molecule has 0 aliphatic heterocycles. The minimum atomic E-state index is -0.247. The molecule has 4 rings (SSSR count). The summed E-state index contributed by atoms with van der Waals surface area (Å²) in [6, 6.07) is 26.3. The van der Waals surface area contributed by atoms with Crippen LogP contribution in [-0.2, 0) is 0 Å². The summed E-state index contributed by atoms with van der Waals surface area (Å²) in [7, 11) is 0. The lowest BCUT2D eigenvalue weighted by molar-refractivity contribution is 0.104. The molecule has 1 N–H and O–H groups in total. The zero-order chi connectivity index (χ0) is 19.3. The molecule has 0 unspecified atom stereocenters. The number of carbonyl (C=O) groups is 1. The molecule has 1 aromatic heterocycles. The Morgan fingerprint density at radius 1 is 0.857 bits per heavy atom. The summed E-state index contributed by atoms with van der Waals surface area (Å²) >= 11 is 0. The summed E-state index contributed by atoms with van der Waals surface area (Å²) in [6.45, 7) is 0. The van der Waals surface area contributed by atoms with Gasteiger partial charge in [0.05, 0.1) is 11.4 Å². The number of aromatic nitrogens is 2. The Morgan fingerprint density at radius 2 is 1.57 bits per heavy atom. The lowest BCUT2D eigenvalue weighted by Crippen LogP contribution is -2.14. The van der Waals surface area contributed by atoms with Crippen molar-refractivity contribution < 1.29 is 4.79 Å². The number of H-pyrrole nitrogens is 1. The Balaban J connectivity index is 1.63. The number of hydrogen-bond donors (Lipinski definition) is 1. The quantitative estimate of drug-likeness (QED) is 0.410. The SMILES string of the molecule is O=C(/C=C/c1ccccc1)c1cccc(-n2cc(-c3ccccc3)[nH]c2=O)c1. The van der Waals surface area contributed by atoms with Crippen molar-refractivity contribution >= 4 is 11.9 Å². The normalized spacial score (nSPS) is 11.0. The van der Waals surface area contributed by atoms with Gasteiger partial charge in [0.15, 0.2) is 5.78 Å². The fraction of sp³-hybridized carbons (Fsp3) is 0. The zero-order valence-electron chi connectivity index (χ0n) is 15.1. The van der Waals surface area contributed by atoms with Crippen LogP contribution in [-0.4, -0.2) is 15.3 Å². The van der Waals surface area contributed by atoms with Crippen molar-refractivity contribution in [1.82, 2.24) is 9.55 Å². The number of imidazole rings is 1. The number of nitrogens with one attached hydrogen (secondary N) is 1. The van der Waals surface area contributed by atoms with Crippen LogP contribution in [0.4, 0.5) is 0 Å². The molecule has 0 bridgehead atoms. The van der Waals surface area contributed by atoms with E-state index in [4.69, 9.17) is 0 Å². The molecule has 0 aliphatic rings. The van der Waals surface area contributed by atoms with Crippen LogP contribution in [0.5, 0.6) is 0 Å². The van der Waals surface area contributed by atoms with Crippen LogP contribution in [0.3, 0.4) is 0 Å². The number of benzene rings is 3. The first-order valence-electron chi connectivity index (χ1n) is 8.96. The van der Waals surface area contributed by atoms with Gasteiger partial charge in [0, 0.05) is 11.8 Å². The topological polar surface area (TPSA) is 54.9 Å². The van der Waals surface area contributed by atoms with Gasteiger partial charge < -0.3 is 4.98 Å². The predicted octanol–water partition coefficient (Wildman–Crippen LogP) is 4.73. The van der Waals surface area contributed by atoms with E-state index in [1.165, 1.54) is 4.57 Å². The third kappa shape index (κ3) is 3.76. The van der Waals surface area contributed by atoms with E-state index in [2.05, 4.69) is 4.98 Å². The molecule has 0 aliphatic carbocycles. The second kappa shape index (κ2) is 7.76. The van der Waals surface area contributed by atoms with Crippen molar-refractivity contribution in [2.75, 3.05) is 0 Å². The van der Waals surface area contributed by atoms with E-state index < -0.39 is 0 Å². The summed E-state index contributed by atoms with van der Waals surface area (Å²) in [4.78, 5) is 27.8. The highest BCUT2D eigenvalue weighted by Crippen LogP contribution is 2.17. The average molecular weight is 366 g/mol. The molecule has 0 amide bonds. The largest absolute Gasteiger partial charge is 0.330 e. The second-order valence-corrected chi connectivity index (χ2v) is 6.37. The maximum absolute atomic E-state index is 12.5. The summed E-state index contributed by atoms with van der Waals surface area (Å²) in [5.41, 5.74) is 3.54. The molecule has 0 radical (unpaired) electrons. The van der Waals surface area contributed by atoms with Crippen molar-refractivity contribution in [3.05, 3.63) is 119 Å². The maximum atomic E-state index is 12.5. The van der Waals surface area contributed by atoms with Crippen molar-refractivity contribution in [3.63, 3.8) is 0 Å². The average Bonchev–Trinajstić information content (AvgIpc) is 3.15. The molecule has 0 atom stereocenters. The minimum Gasteiger partial charge on any atom is -0.305 e. The monoisotopic (exact) mass is 366 g/mol. The Bertz CT molecular complexity index is 1190. The number of allylic oxidation sites excluding steroid dienone is 1. The van der Waals surface area contributed by atoms with Gasteiger partial charge in [0.1, 0.15) is 0 Å². The highest BCUT2D eigenvalue weighted by atomic mass is 16.1. The van der Waals surface area contributed by atoms with Crippen LogP contribution in [0, 0.1) is 0 Å². The first-order valence-corrected chi connectivity index (χ1v) is 8.96. The van der Waals surface area contributed by atoms with E-state index in [-0.39, 0.29) is 11.5 Å². The lowest BCUT2D eigenvalue weighted by Gasteiger charge is -2.03. The van der Waals surface area contributed by atoms with E-state index in [0.29, 0.717) is 11.3 Å². The molecule has 4 heteroatoms.